The summed E-state index contributed by atoms with van der Waals surface area (Å²) in [6, 6.07) is 4.24. The van der Waals surface area contributed by atoms with Crippen molar-refractivity contribution in [2.75, 3.05) is 44.4 Å². The molecule has 2 aliphatic rings. The Morgan fingerprint density at radius 2 is 1.86 bits per heavy atom. The molecular weight excluding hydrogens is 408 g/mol. The number of ether oxygens (including phenoxy) is 3. The minimum absolute atomic E-state index is 0.0515. The number of anilines is 1. The van der Waals surface area contributed by atoms with Gasteiger partial charge in [-0.25, -0.2) is 13.4 Å². The van der Waals surface area contributed by atoms with Crippen LogP contribution in [0.15, 0.2) is 28.5 Å². The Bertz CT molecular complexity index is 971. The van der Waals surface area contributed by atoms with Crippen LogP contribution < -0.4 is 24.6 Å². The summed E-state index contributed by atoms with van der Waals surface area (Å²) >= 11 is 1.32. The van der Waals surface area contributed by atoms with E-state index in [2.05, 4.69) is 15.2 Å². The average Bonchev–Trinajstić information content (AvgIpc) is 3.23. The molecule has 1 saturated heterocycles. The number of sulfonamides is 1. The zero-order chi connectivity index (χ0) is 19.6. The van der Waals surface area contributed by atoms with Crippen molar-refractivity contribution < 1.29 is 27.4 Å². The molecule has 2 aromatic rings. The van der Waals surface area contributed by atoms with E-state index in [0.717, 1.165) is 0 Å². The molecule has 12 heteroatoms. The highest BCUT2D eigenvalue weighted by Gasteiger charge is 2.22. The first kappa shape index (κ1) is 18.9. The van der Waals surface area contributed by atoms with Crippen molar-refractivity contribution in [2.24, 2.45) is 0 Å². The summed E-state index contributed by atoms with van der Waals surface area (Å²) in [7, 11) is -3.98. The van der Waals surface area contributed by atoms with Crippen molar-refractivity contribution in [3.05, 3.63) is 29.3 Å². The fourth-order valence-corrected chi connectivity index (χ4v) is 4.41. The molecule has 0 aliphatic carbocycles. The Balaban J connectivity index is 1.40. The van der Waals surface area contributed by atoms with Gasteiger partial charge in [0.15, 0.2) is 16.6 Å². The number of morpholine rings is 1. The van der Waals surface area contributed by atoms with E-state index in [1.807, 2.05) is 4.90 Å². The van der Waals surface area contributed by atoms with E-state index in [9.17, 15) is 13.2 Å². The molecule has 0 atom stereocenters. The van der Waals surface area contributed by atoms with Gasteiger partial charge in [0, 0.05) is 24.5 Å². The smallest absolute Gasteiger partial charge is 0.285 e. The van der Waals surface area contributed by atoms with Crippen molar-refractivity contribution in [1.29, 1.82) is 0 Å². The number of carbonyl (C=O) groups is 1. The molecule has 1 aromatic heterocycles. The van der Waals surface area contributed by atoms with Gasteiger partial charge >= 0.3 is 0 Å². The summed E-state index contributed by atoms with van der Waals surface area (Å²) in [5.41, 5.74) is 2.32. The molecule has 28 heavy (non-hydrogen) atoms. The first-order chi connectivity index (χ1) is 13.5. The number of nitrogens with one attached hydrogen (secondary N) is 2. The molecule has 1 fully saturated rings. The lowest BCUT2D eigenvalue weighted by atomic mass is 10.3. The number of amides is 1. The Morgan fingerprint density at radius 3 is 2.64 bits per heavy atom. The number of thiazole rings is 1. The standard InChI is InChI=1S/C16H18N4O6S2/c21-15(12-10-27-16(17-12)20-3-5-24-6-4-20)18-19-28(22,23)11-1-2-13-14(9-11)26-8-7-25-13/h1-2,9-10,19H,3-8H2,(H,18,21). The highest BCUT2D eigenvalue weighted by atomic mass is 32.2. The van der Waals surface area contributed by atoms with Crippen molar-refractivity contribution in [2.45, 2.75) is 4.90 Å². The molecule has 0 saturated carbocycles. The summed E-state index contributed by atoms with van der Waals surface area (Å²) in [6.45, 7) is 3.37. The lowest BCUT2D eigenvalue weighted by molar-refractivity contribution is 0.0940. The summed E-state index contributed by atoms with van der Waals surface area (Å²) < 4.78 is 40.9. The molecule has 0 spiro atoms. The van der Waals surface area contributed by atoms with Gasteiger partial charge in [0.1, 0.15) is 18.9 Å². The second kappa shape index (κ2) is 7.91. The van der Waals surface area contributed by atoms with Crippen LogP contribution in [0, 0.1) is 0 Å². The molecule has 0 unspecified atom stereocenters. The first-order valence-electron chi connectivity index (χ1n) is 8.53. The summed E-state index contributed by atoms with van der Waals surface area (Å²) in [5.74, 6) is 0.180. The number of nitrogens with zero attached hydrogens (tertiary/aromatic N) is 2. The van der Waals surface area contributed by atoms with Crippen LogP contribution in [0.3, 0.4) is 0 Å². The molecule has 3 heterocycles. The summed E-state index contributed by atoms with van der Waals surface area (Å²) in [4.78, 5) is 20.6. The minimum Gasteiger partial charge on any atom is -0.486 e. The van der Waals surface area contributed by atoms with Crippen LogP contribution >= 0.6 is 11.3 Å². The van der Waals surface area contributed by atoms with Crippen molar-refractivity contribution in [1.82, 2.24) is 15.2 Å². The number of hydrogen-bond acceptors (Lipinski definition) is 9. The van der Waals surface area contributed by atoms with Gasteiger partial charge in [0.2, 0.25) is 0 Å². The number of rotatable bonds is 5. The average molecular weight is 426 g/mol. The molecule has 2 aliphatic heterocycles. The van der Waals surface area contributed by atoms with Gasteiger partial charge in [-0.2, -0.15) is 0 Å². The molecule has 10 nitrogen and oxygen atoms in total. The minimum atomic E-state index is -3.98. The quantitative estimate of drug-likeness (QED) is 0.659. The zero-order valence-corrected chi connectivity index (χ0v) is 16.3. The molecule has 2 N–H and O–H groups in total. The first-order valence-corrected chi connectivity index (χ1v) is 10.9. The van der Waals surface area contributed by atoms with Gasteiger partial charge < -0.3 is 19.1 Å². The van der Waals surface area contributed by atoms with Crippen LogP contribution in [0.4, 0.5) is 5.13 Å². The van der Waals surface area contributed by atoms with Gasteiger partial charge in [0.05, 0.1) is 18.1 Å². The molecule has 1 aromatic carbocycles. The Labute approximate surface area is 165 Å². The van der Waals surface area contributed by atoms with Gasteiger partial charge in [-0.3, -0.25) is 10.2 Å². The normalized spacial score (nSPS) is 16.6. The Kier molecular flexibility index (Phi) is 5.35. The van der Waals surface area contributed by atoms with Crippen LogP contribution in [-0.2, 0) is 14.8 Å². The molecule has 1 amide bonds. The zero-order valence-electron chi connectivity index (χ0n) is 14.7. The number of benzene rings is 1. The second-order valence-corrected chi connectivity index (χ2v) is 8.50. The molecule has 0 radical (unpaired) electrons. The van der Waals surface area contributed by atoms with E-state index >= 15 is 0 Å². The van der Waals surface area contributed by atoms with E-state index in [-0.39, 0.29) is 10.6 Å². The third kappa shape index (κ3) is 4.04. The predicted octanol–water partition coefficient (Wildman–Crippen LogP) is 0.374. The van der Waals surface area contributed by atoms with Gasteiger partial charge in [-0.15, -0.1) is 16.2 Å². The van der Waals surface area contributed by atoms with Gasteiger partial charge in [-0.05, 0) is 12.1 Å². The topological polar surface area (TPSA) is 119 Å². The molecule has 4 rings (SSSR count). The van der Waals surface area contributed by atoms with Crippen LogP contribution in [0.25, 0.3) is 0 Å². The highest BCUT2D eigenvalue weighted by molar-refractivity contribution is 7.89. The van der Waals surface area contributed by atoms with Gasteiger partial charge in [-0.1, -0.05) is 0 Å². The number of carbonyl (C=O) groups excluding carboxylic acids is 1. The fourth-order valence-electron chi connectivity index (χ4n) is 2.70. The number of aromatic nitrogens is 1. The second-order valence-electron chi connectivity index (χ2n) is 5.98. The number of fused-ring (bicyclic) bond motifs is 1. The van der Waals surface area contributed by atoms with E-state index in [1.54, 1.807) is 5.38 Å². The SMILES string of the molecule is O=C(NNS(=O)(=O)c1ccc2c(c1)OCCO2)c1csc(N2CCOCC2)n1. The van der Waals surface area contributed by atoms with Crippen molar-refractivity contribution in [3.63, 3.8) is 0 Å². The van der Waals surface area contributed by atoms with Crippen LogP contribution in [-0.4, -0.2) is 58.8 Å². The maximum atomic E-state index is 12.4. The maximum Gasteiger partial charge on any atom is 0.285 e. The number of hydrazine groups is 1. The van der Waals surface area contributed by atoms with Crippen molar-refractivity contribution in [3.8, 4) is 11.5 Å². The lowest BCUT2D eigenvalue weighted by Gasteiger charge is -2.25. The summed E-state index contributed by atoms with van der Waals surface area (Å²) in [5, 5.41) is 2.28. The third-order valence-corrected chi connectivity index (χ3v) is 6.28. The van der Waals surface area contributed by atoms with E-state index < -0.39 is 15.9 Å². The van der Waals surface area contributed by atoms with E-state index in [0.29, 0.717) is 56.1 Å². The Hall–Kier alpha value is -2.41. The largest absolute Gasteiger partial charge is 0.486 e. The molecule has 150 valence electrons. The highest BCUT2D eigenvalue weighted by Crippen LogP contribution is 2.32. The molecular formula is C16H18N4O6S2. The monoisotopic (exact) mass is 426 g/mol. The van der Waals surface area contributed by atoms with Crippen LogP contribution in [0.5, 0.6) is 11.5 Å². The number of hydrogen-bond donors (Lipinski definition) is 2. The van der Waals surface area contributed by atoms with Gasteiger partial charge in [0.25, 0.3) is 15.9 Å². The van der Waals surface area contributed by atoms with Crippen LogP contribution in [0.1, 0.15) is 10.5 Å². The third-order valence-electron chi connectivity index (χ3n) is 4.13. The lowest BCUT2D eigenvalue weighted by Crippen LogP contribution is -2.41. The van der Waals surface area contributed by atoms with Crippen molar-refractivity contribution >= 4 is 32.4 Å². The predicted molar refractivity (Wildman–Crippen MR) is 100 cm³/mol. The summed E-state index contributed by atoms with van der Waals surface area (Å²) in [6.07, 6.45) is 0. The molecule has 0 bridgehead atoms. The van der Waals surface area contributed by atoms with Crippen LogP contribution in [0.2, 0.25) is 0 Å². The van der Waals surface area contributed by atoms with E-state index in [1.165, 1.54) is 29.5 Å². The Morgan fingerprint density at radius 1 is 1.11 bits per heavy atom. The maximum absolute atomic E-state index is 12.4. The van der Waals surface area contributed by atoms with E-state index in [4.69, 9.17) is 14.2 Å². The fraction of sp³-hybridized carbons (Fsp3) is 0.375.